The molecule has 0 spiro atoms. The molecule has 1 rings (SSSR count). The Morgan fingerprint density at radius 3 is 2.76 bits per heavy atom. The van der Waals surface area contributed by atoms with E-state index in [1.54, 1.807) is 0 Å². The molecule has 1 atom stereocenters. The highest BCUT2D eigenvalue weighted by Crippen LogP contribution is 2.17. The maximum absolute atomic E-state index is 11.5. The highest BCUT2D eigenvalue weighted by molar-refractivity contribution is 7.10. The number of aromatic nitrogens is 2. The molecule has 1 aromatic rings. The fraction of sp³-hybridized carbons (Fsp3) is 0.700. The minimum Gasteiger partial charge on any atom is -0.468 e. The lowest BCUT2D eigenvalue weighted by Crippen LogP contribution is -2.38. The zero-order chi connectivity index (χ0) is 12.8. The van der Waals surface area contributed by atoms with Gasteiger partial charge in [0.25, 0.3) is 0 Å². The van der Waals surface area contributed by atoms with E-state index in [2.05, 4.69) is 28.8 Å². The van der Waals surface area contributed by atoms with Crippen LogP contribution in [0.5, 0.6) is 0 Å². The largest absolute Gasteiger partial charge is 0.468 e. The summed E-state index contributed by atoms with van der Waals surface area (Å²) in [6.07, 6.45) is 0.710. The van der Waals surface area contributed by atoms with Crippen LogP contribution in [-0.2, 0) is 16.1 Å². The van der Waals surface area contributed by atoms with Crippen molar-refractivity contribution < 1.29 is 9.53 Å². The van der Waals surface area contributed by atoms with Crippen molar-refractivity contribution in [3.8, 4) is 0 Å². The fourth-order valence-electron chi connectivity index (χ4n) is 1.40. The van der Waals surface area contributed by atoms with Gasteiger partial charge in [-0.3, -0.25) is 10.1 Å². The second kappa shape index (κ2) is 6.88. The lowest BCUT2D eigenvalue weighted by molar-refractivity contribution is -0.143. The van der Waals surface area contributed by atoms with Crippen LogP contribution in [0.4, 0.5) is 0 Å². The minimum atomic E-state index is -0.335. The van der Waals surface area contributed by atoms with Crippen LogP contribution in [0.25, 0.3) is 0 Å². The number of esters is 1. The smallest absolute Gasteiger partial charge is 0.322 e. The van der Waals surface area contributed by atoms with E-state index < -0.39 is 0 Å². The number of halogens is 1. The van der Waals surface area contributed by atoms with Crippen molar-refractivity contribution in [3.63, 3.8) is 0 Å². The van der Waals surface area contributed by atoms with E-state index in [-0.39, 0.29) is 12.0 Å². The van der Waals surface area contributed by atoms with Gasteiger partial charge in [0.1, 0.15) is 16.1 Å². The molecule has 1 heterocycles. The molecule has 96 valence electrons. The highest BCUT2D eigenvalue weighted by Gasteiger charge is 2.20. The third-order valence-electron chi connectivity index (χ3n) is 2.22. The Kier molecular flexibility index (Phi) is 5.80. The van der Waals surface area contributed by atoms with Gasteiger partial charge in [0, 0.05) is 18.1 Å². The fourth-order valence-corrected chi connectivity index (χ4v) is 2.03. The number of hydrogen-bond acceptors (Lipinski definition) is 6. The second-order valence-electron chi connectivity index (χ2n) is 4.08. The molecule has 1 unspecified atom stereocenters. The van der Waals surface area contributed by atoms with Crippen molar-refractivity contribution in [1.29, 1.82) is 0 Å². The first kappa shape index (κ1) is 14.3. The number of carbonyl (C=O) groups excluding carboxylic acids is 1. The van der Waals surface area contributed by atoms with Gasteiger partial charge >= 0.3 is 5.97 Å². The zero-order valence-corrected chi connectivity index (χ0v) is 11.6. The van der Waals surface area contributed by atoms with Crippen molar-refractivity contribution in [1.82, 2.24) is 14.9 Å². The molecule has 1 N–H and O–H groups in total. The summed E-state index contributed by atoms with van der Waals surface area (Å²) >= 11 is 7.01. The Balaban J connectivity index is 2.55. The van der Waals surface area contributed by atoms with E-state index in [0.717, 1.165) is 11.5 Å². The molecule has 0 aliphatic heterocycles. The SMILES string of the molecule is COC(=O)C(CC(C)C)NCc1nnsc1Cl. The lowest BCUT2D eigenvalue weighted by Gasteiger charge is -2.17. The molecular formula is C10H16ClN3O2S. The number of nitrogens with one attached hydrogen (secondary N) is 1. The molecule has 0 aliphatic rings. The van der Waals surface area contributed by atoms with Crippen molar-refractivity contribution in [3.05, 3.63) is 10.0 Å². The summed E-state index contributed by atoms with van der Waals surface area (Å²) in [4.78, 5) is 11.5. The molecule has 0 radical (unpaired) electrons. The van der Waals surface area contributed by atoms with E-state index in [1.807, 2.05) is 0 Å². The first-order valence-corrected chi connectivity index (χ1v) is 6.47. The predicted octanol–water partition coefficient (Wildman–Crippen LogP) is 1.87. The Morgan fingerprint density at radius 2 is 2.29 bits per heavy atom. The van der Waals surface area contributed by atoms with Crippen molar-refractivity contribution in [2.45, 2.75) is 32.9 Å². The van der Waals surface area contributed by atoms with Crippen LogP contribution in [0.2, 0.25) is 4.34 Å². The van der Waals surface area contributed by atoms with Crippen LogP contribution in [0, 0.1) is 5.92 Å². The lowest BCUT2D eigenvalue weighted by atomic mass is 10.0. The topological polar surface area (TPSA) is 64.1 Å². The van der Waals surface area contributed by atoms with Crippen LogP contribution < -0.4 is 5.32 Å². The molecule has 0 saturated carbocycles. The number of rotatable bonds is 6. The third kappa shape index (κ3) is 4.57. The van der Waals surface area contributed by atoms with Gasteiger partial charge in [-0.15, -0.1) is 5.10 Å². The molecule has 0 aromatic carbocycles. The summed E-state index contributed by atoms with van der Waals surface area (Å²) in [5.74, 6) is 0.133. The number of carbonyl (C=O) groups is 1. The molecule has 7 heteroatoms. The van der Waals surface area contributed by atoms with E-state index in [9.17, 15) is 4.79 Å². The zero-order valence-electron chi connectivity index (χ0n) is 10.1. The van der Waals surface area contributed by atoms with Crippen LogP contribution in [-0.4, -0.2) is 28.7 Å². The molecule has 0 bridgehead atoms. The van der Waals surface area contributed by atoms with E-state index in [1.165, 1.54) is 7.11 Å². The average Bonchev–Trinajstić information content (AvgIpc) is 2.68. The van der Waals surface area contributed by atoms with Gasteiger partial charge in [0.2, 0.25) is 0 Å². The first-order valence-electron chi connectivity index (χ1n) is 5.32. The maximum Gasteiger partial charge on any atom is 0.322 e. The Hall–Kier alpha value is -0.720. The van der Waals surface area contributed by atoms with Gasteiger partial charge in [-0.1, -0.05) is 29.9 Å². The molecule has 17 heavy (non-hydrogen) atoms. The van der Waals surface area contributed by atoms with Crippen molar-refractivity contribution >= 4 is 29.1 Å². The van der Waals surface area contributed by atoms with Gasteiger partial charge in [-0.25, -0.2) is 0 Å². The van der Waals surface area contributed by atoms with E-state index in [0.29, 0.717) is 28.9 Å². The maximum atomic E-state index is 11.5. The molecule has 0 amide bonds. The summed E-state index contributed by atoms with van der Waals surface area (Å²) in [6, 6.07) is -0.335. The minimum absolute atomic E-state index is 0.266. The van der Waals surface area contributed by atoms with Gasteiger partial charge in [0.15, 0.2) is 0 Å². The normalized spacial score (nSPS) is 12.8. The Morgan fingerprint density at radius 1 is 1.59 bits per heavy atom. The molecule has 0 aliphatic carbocycles. The van der Waals surface area contributed by atoms with Gasteiger partial charge in [-0.2, -0.15) is 0 Å². The standard InChI is InChI=1S/C10H16ClN3O2S/c1-6(2)4-7(10(15)16-3)12-5-8-9(11)17-14-13-8/h6-7,12H,4-5H2,1-3H3. The molecule has 5 nitrogen and oxygen atoms in total. The van der Waals surface area contributed by atoms with Gasteiger partial charge in [0.05, 0.1) is 7.11 Å². The van der Waals surface area contributed by atoms with Crippen LogP contribution in [0.15, 0.2) is 0 Å². The second-order valence-corrected chi connectivity index (χ2v) is 5.44. The van der Waals surface area contributed by atoms with Crippen LogP contribution in [0.3, 0.4) is 0 Å². The number of hydrogen-bond donors (Lipinski definition) is 1. The van der Waals surface area contributed by atoms with Gasteiger partial charge < -0.3 is 4.74 Å². The van der Waals surface area contributed by atoms with E-state index in [4.69, 9.17) is 16.3 Å². The summed E-state index contributed by atoms with van der Waals surface area (Å²) in [7, 11) is 1.38. The number of ether oxygens (including phenoxy) is 1. The number of nitrogens with zero attached hydrogens (tertiary/aromatic N) is 2. The first-order chi connectivity index (χ1) is 8.04. The molecule has 0 saturated heterocycles. The summed E-state index contributed by atoms with van der Waals surface area (Å²) < 4.78 is 9.02. The Labute approximate surface area is 110 Å². The quantitative estimate of drug-likeness (QED) is 0.804. The average molecular weight is 278 g/mol. The molecule has 0 fully saturated rings. The van der Waals surface area contributed by atoms with Gasteiger partial charge in [-0.05, 0) is 12.3 Å². The molecule has 1 aromatic heterocycles. The van der Waals surface area contributed by atoms with Crippen LogP contribution >= 0.6 is 23.1 Å². The highest BCUT2D eigenvalue weighted by atomic mass is 35.5. The predicted molar refractivity (Wildman–Crippen MR) is 67.0 cm³/mol. The monoisotopic (exact) mass is 277 g/mol. The van der Waals surface area contributed by atoms with Crippen molar-refractivity contribution in [2.24, 2.45) is 5.92 Å². The van der Waals surface area contributed by atoms with Crippen LogP contribution in [0.1, 0.15) is 26.0 Å². The Bertz CT molecular complexity index is 370. The summed E-state index contributed by atoms with van der Waals surface area (Å²) in [5, 5.41) is 6.96. The van der Waals surface area contributed by atoms with Crippen molar-refractivity contribution in [2.75, 3.05) is 7.11 Å². The number of methoxy groups -OCH3 is 1. The molecular weight excluding hydrogens is 262 g/mol. The summed E-state index contributed by atoms with van der Waals surface area (Å²) in [6.45, 7) is 4.52. The third-order valence-corrected chi connectivity index (χ3v) is 3.20. The summed E-state index contributed by atoms with van der Waals surface area (Å²) in [5.41, 5.74) is 0.661. The van der Waals surface area contributed by atoms with E-state index >= 15 is 0 Å².